The lowest BCUT2D eigenvalue weighted by Crippen LogP contribution is -2.04. The molecule has 19 heavy (non-hydrogen) atoms. The fraction of sp³-hybridized carbons (Fsp3) is 0.133. The summed E-state index contributed by atoms with van der Waals surface area (Å²) in [6.45, 7) is 0.804. The number of fused-ring (bicyclic) bond motifs is 1. The molecule has 1 N–H and O–H groups in total. The van der Waals surface area contributed by atoms with Gasteiger partial charge in [-0.05, 0) is 36.9 Å². The summed E-state index contributed by atoms with van der Waals surface area (Å²) in [5.41, 5.74) is 3.60. The molecule has 0 aliphatic heterocycles. The number of nitrogens with zero attached hydrogens (tertiary/aromatic N) is 1. The monoisotopic (exact) mass is 272 g/mol. The van der Waals surface area contributed by atoms with E-state index in [1.54, 1.807) is 0 Å². The normalized spacial score (nSPS) is 11.1. The molecular formula is C15H13ClN2O. The molecule has 0 bridgehead atoms. The fourth-order valence-electron chi connectivity index (χ4n) is 2.03. The summed E-state index contributed by atoms with van der Waals surface area (Å²) in [6.07, 6.45) is 0. The Balaban J connectivity index is 2.09. The zero-order valence-electron chi connectivity index (χ0n) is 10.5. The van der Waals surface area contributed by atoms with Crippen LogP contribution in [0.4, 0.5) is 0 Å². The largest absolute Gasteiger partial charge is 0.436 e. The molecule has 3 nitrogen and oxygen atoms in total. The van der Waals surface area contributed by atoms with E-state index in [2.05, 4.69) is 10.3 Å². The molecule has 1 heterocycles. The van der Waals surface area contributed by atoms with Crippen LogP contribution in [0.3, 0.4) is 0 Å². The lowest BCUT2D eigenvalue weighted by Gasteiger charge is -1.98. The van der Waals surface area contributed by atoms with Crippen molar-refractivity contribution in [2.24, 2.45) is 0 Å². The van der Waals surface area contributed by atoms with Gasteiger partial charge in [0.25, 0.3) is 0 Å². The van der Waals surface area contributed by atoms with Crippen LogP contribution >= 0.6 is 11.6 Å². The Bertz CT molecular complexity index is 721. The van der Waals surface area contributed by atoms with Gasteiger partial charge >= 0.3 is 0 Å². The Morgan fingerprint density at radius 2 is 2.05 bits per heavy atom. The minimum atomic E-state index is 0.558. The second kappa shape index (κ2) is 5.03. The van der Waals surface area contributed by atoms with E-state index < -0.39 is 0 Å². The third kappa shape index (κ3) is 2.35. The third-order valence-corrected chi connectivity index (χ3v) is 3.27. The van der Waals surface area contributed by atoms with Crippen molar-refractivity contribution in [3.05, 3.63) is 53.1 Å². The predicted molar refractivity (Wildman–Crippen MR) is 77.2 cm³/mol. The van der Waals surface area contributed by atoms with E-state index >= 15 is 0 Å². The summed E-state index contributed by atoms with van der Waals surface area (Å²) < 4.78 is 5.80. The summed E-state index contributed by atoms with van der Waals surface area (Å²) in [7, 11) is 1.92. The number of aromatic nitrogens is 1. The van der Waals surface area contributed by atoms with E-state index in [4.69, 9.17) is 16.0 Å². The van der Waals surface area contributed by atoms with Crippen molar-refractivity contribution in [2.75, 3.05) is 7.05 Å². The van der Waals surface area contributed by atoms with Crippen LogP contribution in [-0.4, -0.2) is 12.0 Å². The van der Waals surface area contributed by atoms with Crippen LogP contribution in [0.5, 0.6) is 0 Å². The van der Waals surface area contributed by atoms with E-state index in [1.165, 1.54) is 0 Å². The molecule has 0 radical (unpaired) electrons. The first-order valence-corrected chi connectivity index (χ1v) is 6.44. The topological polar surface area (TPSA) is 38.1 Å². The van der Waals surface area contributed by atoms with E-state index in [0.717, 1.165) is 28.8 Å². The van der Waals surface area contributed by atoms with Crippen molar-refractivity contribution in [3.8, 4) is 11.5 Å². The highest BCUT2D eigenvalue weighted by Crippen LogP contribution is 2.29. The highest BCUT2D eigenvalue weighted by Gasteiger charge is 2.11. The highest BCUT2D eigenvalue weighted by molar-refractivity contribution is 6.33. The molecule has 0 saturated heterocycles. The van der Waals surface area contributed by atoms with Gasteiger partial charge in [-0.2, -0.15) is 0 Å². The molecule has 3 rings (SSSR count). The van der Waals surface area contributed by atoms with Crippen LogP contribution in [0.25, 0.3) is 22.6 Å². The smallest absolute Gasteiger partial charge is 0.228 e. The van der Waals surface area contributed by atoms with Crippen LogP contribution in [0.2, 0.25) is 5.02 Å². The number of nitrogens with one attached hydrogen (secondary N) is 1. The van der Waals surface area contributed by atoms with Crippen molar-refractivity contribution in [1.82, 2.24) is 10.3 Å². The second-order valence-corrected chi connectivity index (χ2v) is 4.74. The van der Waals surface area contributed by atoms with Crippen LogP contribution in [0.15, 0.2) is 46.9 Å². The minimum Gasteiger partial charge on any atom is -0.436 e. The Kier molecular flexibility index (Phi) is 3.23. The molecule has 0 aliphatic rings. The maximum absolute atomic E-state index is 6.16. The van der Waals surface area contributed by atoms with Gasteiger partial charge in [-0.15, -0.1) is 0 Å². The van der Waals surface area contributed by atoms with Gasteiger partial charge in [0.2, 0.25) is 5.89 Å². The fourth-order valence-corrected chi connectivity index (χ4v) is 2.25. The van der Waals surface area contributed by atoms with Crippen LogP contribution in [0.1, 0.15) is 5.56 Å². The molecule has 1 aromatic heterocycles. The van der Waals surface area contributed by atoms with Crippen LogP contribution in [-0.2, 0) is 6.54 Å². The molecule has 0 aliphatic carbocycles. The zero-order valence-corrected chi connectivity index (χ0v) is 11.2. The molecule has 4 heteroatoms. The lowest BCUT2D eigenvalue weighted by atomic mass is 10.2. The average molecular weight is 273 g/mol. The second-order valence-electron chi connectivity index (χ2n) is 4.33. The first-order valence-electron chi connectivity index (χ1n) is 6.07. The quantitative estimate of drug-likeness (QED) is 0.787. The molecule has 0 unspecified atom stereocenters. The van der Waals surface area contributed by atoms with Crippen molar-refractivity contribution in [1.29, 1.82) is 0 Å². The predicted octanol–water partition coefficient (Wildman–Crippen LogP) is 3.87. The van der Waals surface area contributed by atoms with E-state index in [9.17, 15) is 0 Å². The van der Waals surface area contributed by atoms with Gasteiger partial charge in [0.05, 0.1) is 10.6 Å². The van der Waals surface area contributed by atoms with Crippen molar-refractivity contribution in [2.45, 2.75) is 6.54 Å². The standard InChI is InChI=1S/C15H13ClN2O/c1-17-9-10-6-7-13-14(8-10)19-15(18-13)11-4-2-3-5-12(11)16/h2-8,17H,9H2,1H3. The first kappa shape index (κ1) is 12.2. The van der Waals surface area contributed by atoms with Gasteiger partial charge in [-0.3, -0.25) is 0 Å². The van der Waals surface area contributed by atoms with Gasteiger partial charge in [0.15, 0.2) is 5.58 Å². The zero-order chi connectivity index (χ0) is 13.2. The SMILES string of the molecule is CNCc1ccc2nc(-c3ccccc3Cl)oc2c1. The summed E-state index contributed by atoms with van der Waals surface area (Å²) in [4.78, 5) is 4.47. The Hall–Kier alpha value is -1.84. The van der Waals surface area contributed by atoms with Crippen LogP contribution in [0, 0.1) is 0 Å². The van der Waals surface area contributed by atoms with Gasteiger partial charge < -0.3 is 9.73 Å². The van der Waals surface area contributed by atoms with Crippen molar-refractivity contribution < 1.29 is 4.42 Å². The molecule has 0 amide bonds. The van der Waals surface area contributed by atoms with Crippen molar-refractivity contribution in [3.63, 3.8) is 0 Å². The van der Waals surface area contributed by atoms with E-state index in [0.29, 0.717) is 10.9 Å². The van der Waals surface area contributed by atoms with Gasteiger partial charge in [-0.1, -0.05) is 29.8 Å². The van der Waals surface area contributed by atoms with Gasteiger partial charge in [-0.25, -0.2) is 4.98 Å². The van der Waals surface area contributed by atoms with E-state index in [1.807, 2.05) is 49.5 Å². The molecular weight excluding hydrogens is 260 g/mol. The summed E-state index contributed by atoms with van der Waals surface area (Å²) in [5.74, 6) is 0.558. The summed E-state index contributed by atoms with van der Waals surface area (Å²) in [5, 5.41) is 3.76. The Labute approximate surface area is 116 Å². The Morgan fingerprint density at radius 3 is 2.84 bits per heavy atom. The highest BCUT2D eigenvalue weighted by atomic mass is 35.5. The number of halogens is 1. The molecule has 96 valence electrons. The number of oxazole rings is 1. The average Bonchev–Trinajstić information content (AvgIpc) is 2.82. The molecule has 2 aromatic carbocycles. The summed E-state index contributed by atoms with van der Waals surface area (Å²) >= 11 is 6.16. The lowest BCUT2D eigenvalue weighted by molar-refractivity contribution is 0.619. The molecule has 3 aromatic rings. The third-order valence-electron chi connectivity index (χ3n) is 2.94. The number of benzene rings is 2. The molecule has 0 fully saturated rings. The number of hydrogen-bond donors (Lipinski definition) is 1. The molecule has 0 atom stereocenters. The molecule has 0 spiro atoms. The molecule has 0 saturated carbocycles. The van der Waals surface area contributed by atoms with Gasteiger partial charge in [0, 0.05) is 6.54 Å². The first-order chi connectivity index (χ1) is 9.28. The summed E-state index contributed by atoms with van der Waals surface area (Å²) in [6, 6.07) is 13.5. The number of hydrogen-bond acceptors (Lipinski definition) is 3. The maximum Gasteiger partial charge on any atom is 0.228 e. The maximum atomic E-state index is 6.16. The van der Waals surface area contributed by atoms with E-state index in [-0.39, 0.29) is 0 Å². The number of rotatable bonds is 3. The van der Waals surface area contributed by atoms with Crippen molar-refractivity contribution >= 4 is 22.7 Å². The Morgan fingerprint density at radius 1 is 1.21 bits per heavy atom. The van der Waals surface area contributed by atoms with Crippen LogP contribution < -0.4 is 5.32 Å². The van der Waals surface area contributed by atoms with Gasteiger partial charge in [0.1, 0.15) is 5.52 Å². The minimum absolute atomic E-state index is 0.558.